The molecule has 0 amide bonds. The Morgan fingerprint density at radius 2 is 2.13 bits per heavy atom. The Labute approximate surface area is 85.6 Å². The van der Waals surface area contributed by atoms with Crippen molar-refractivity contribution in [2.75, 3.05) is 0 Å². The van der Waals surface area contributed by atoms with E-state index in [4.69, 9.17) is 0 Å². The van der Waals surface area contributed by atoms with Crippen LogP contribution in [0.4, 0.5) is 4.39 Å². The summed E-state index contributed by atoms with van der Waals surface area (Å²) in [6.07, 6.45) is 1.33. The number of rotatable bonds is 1. The van der Waals surface area contributed by atoms with E-state index in [0.717, 1.165) is 11.1 Å². The molecule has 0 fully saturated rings. The van der Waals surface area contributed by atoms with E-state index in [1.54, 1.807) is 13.0 Å². The third-order valence-corrected chi connectivity index (χ3v) is 2.14. The van der Waals surface area contributed by atoms with Crippen molar-refractivity contribution in [3.8, 4) is 11.3 Å². The molecule has 2 rings (SSSR count). The first-order valence-electron chi connectivity index (χ1n) is 4.48. The second-order valence-corrected chi connectivity index (χ2v) is 3.26. The molecule has 0 radical (unpaired) electrons. The molecule has 15 heavy (non-hydrogen) atoms. The predicted molar refractivity (Wildman–Crippen MR) is 55.0 cm³/mol. The Hall–Kier alpha value is -1.97. The van der Waals surface area contributed by atoms with E-state index in [0.29, 0.717) is 5.69 Å². The van der Waals surface area contributed by atoms with E-state index in [9.17, 15) is 9.18 Å². The summed E-state index contributed by atoms with van der Waals surface area (Å²) < 4.78 is 12.9. The van der Waals surface area contributed by atoms with Crippen LogP contribution in [0.1, 0.15) is 5.56 Å². The van der Waals surface area contributed by atoms with Gasteiger partial charge in [0.15, 0.2) is 0 Å². The highest BCUT2D eigenvalue weighted by molar-refractivity contribution is 5.62. The molecule has 3 nitrogen and oxygen atoms in total. The molecule has 1 aromatic carbocycles. The van der Waals surface area contributed by atoms with Crippen LogP contribution in [-0.2, 0) is 0 Å². The van der Waals surface area contributed by atoms with Gasteiger partial charge in [-0.15, -0.1) is 0 Å². The minimum absolute atomic E-state index is 0.219. The van der Waals surface area contributed by atoms with E-state index >= 15 is 0 Å². The number of hydrogen-bond acceptors (Lipinski definition) is 2. The summed E-state index contributed by atoms with van der Waals surface area (Å²) in [5, 5.41) is 0. The number of aromatic nitrogens is 2. The van der Waals surface area contributed by atoms with Crippen molar-refractivity contribution < 1.29 is 4.39 Å². The molecule has 2 aromatic rings. The minimum atomic E-state index is -0.291. The number of H-pyrrole nitrogens is 1. The van der Waals surface area contributed by atoms with Crippen LogP contribution in [-0.4, -0.2) is 9.97 Å². The Kier molecular flexibility index (Phi) is 2.33. The van der Waals surface area contributed by atoms with E-state index in [-0.39, 0.29) is 11.4 Å². The smallest absolute Gasteiger partial charge is 0.251 e. The second kappa shape index (κ2) is 3.65. The van der Waals surface area contributed by atoms with Gasteiger partial charge in [0.25, 0.3) is 5.56 Å². The first-order valence-corrected chi connectivity index (χ1v) is 4.48. The van der Waals surface area contributed by atoms with Gasteiger partial charge in [-0.05, 0) is 30.7 Å². The predicted octanol–water partition coefficient (Wildman–Crippen LogP) is 1.88. The molecule has 0 atom stereocenters. The Balaban J connectivity index is 2.59. The van der Waals surface area contributed by atoms with Gasteiger partial charge in [0.05, 0.1) is 12.0 Å². The van der Waals surface area contributed by atoms with Gasteiger partial charge in [-0.1, -0.05) is 0 Å². The van der Waals surface area contributed by atoms with Crippen molar-refractivity contribution in [3.05, 3.63) is 52.3 Å². The number of nitrogens with one attached hydrogen (secondary N) is 1. The lowest BCUT2D eigenvalue weighted by atomic mass is 10.1. The molecule has 0 saturated carbocycles. The lowest BCUT2D eigenvalue weighted by Gasteiger charge is -2.03. The van der Waals surface area contributed by atoms with Crippen LogP contribution in [0, 0.1) is 12.7 Å². The maximum Gasteiger partial charge on any atom is 0.251 e. The maximum atomic E-state index is 12.9. The van der Waals surface area contributed by atoms with Crippen LogP contribution >= 0.6 is 0 Å². The molecule has 1 N–H and O–H groups in total. The Bertz CT molecular complexity index is 548. The summed E-state index contributed by atoms with van der Waals surface area (Å²) in [5.41, 5.74) is 1.86. The molecule has 0 bridgehead atoms. The topological polar surface area (TPSA) is 45.8 Å². The Morgan fingerprint density at radius 1 is 1.33 bits per heavy atom. The van der Waals surface area contributed by atoms with Crippen molar-refractivity contribution in [2.45, 2.75) is 6.92 Å². The van der Waals surface area contributed by atoms with Crippen LogP contribution < -0.4 is 5.56 Å². The molecule has 0 saturated heterocycles. The van der Waals surface area contributed by atoms with Crippen LogP contribution in [0.5, 0.6) is 0 Å². The van der Waals surface area contributed by atoms with E-state index in [1.807, 2.05) is 0 Å². The summed E-state index contributed by atoms with van der Waals surface area (Å²) in [7, 11) is 0. The lowest BCUT2D eigenvalue weighted by Crippen LogP contribution is -2.04. The summed E-state index contributed by atoms with van der Waals surface area (Å²) in [4.78, 5) is 17.5. The summed E-state index contributed by atoms with van der Waals surface area (Å²) in [6, 6.07) is 5.77. The van der Waals surface area contributed by atoms with E-state index < -0.39 is 0 Å². The zero-order valence-electron chi connectivity index (χ0n) is 8.12. The molecule has 4 heteroatoms. The zero-order chi connectivity index (χ0) is 10.8. The summed E-state index contributed by atoms with van der Waals surface area (Å²) in [6.45, 7) is 1.78. The molecular weight excluding hydrogens is 195 g/mol. The highest BCUT2D eigenvalue weighted by atomic mass is 19.1. The molecule has 76 valence electrons. The molecule has 1 aromatic heterocycles. The number of benzene rings is 1. The number of halogens is 1. The van der Waals surface area contributed by atoms with Crippen molar-refractivity contribution in [1.82, 2.24) is 9.97 Å². The molecule has 0 unspecified atom stereocenters. The zero-order valence-corrected chi connectivity index (χ0v) is 8.12. The summed E-state index contributed by atoms with van der Waals surface area (Å²) >= 11 is 0. The first kappa shape index (κ1) is 9.58. The quantitative estimate of drug-likeness (QED) is 0.770. The van der Waals surface area contributed by atoms with Crippen molar-refractivity contribution in [1.29, 1.82) is 0 Å². The molecule has 0 aliphatic rings. The second-order valence-electron chi connectivity index (χ2n) is 3.26. The van der Waals surface area contributed by atoms with Crippen molar-refractivity contribution >= 4 is 0 Å². The summed E-state index contributed by atoms with van der Waals surface area (Å²) in [5.74, 6) is -0.291. The van der Waals surface area contributed by atoms with Crippen LogP contribution in [0.3, 0.4) is 0 Å². The van der Waals surface area contributed by atoms with Crippen molar-refractivity contribution in [2.24, 2.45) is 0 Å². The third-order valence-electron chi connectivity index (χ3n) is 2.14. The van der Waals surface area contributed by atoms with E-state index in [1.165, 1.54) is 24.5 Å². The standard InChI is InChI=1S/C11H9FN2O/c1-7-4-8(12)2-3-9(7)10-5-11(15)14-6-13-10/h2-6H,1H3,(H,13,14,15). The van der Waals surface area contributed by atoms with Crippen molar-refractivity contribution in [3.63, 3.8) is 0 Å². The SMILES string of the molecule is Cc1cc(F)ccc1-c1cc(=O)[nH]cn1. The van der Waals surface area contributed by atoms with Crippen LogP contribution in [0.25, 0.3) is 11.3 Å². The van der Waals surface area contributed by atoms with Gasteiger partial charge in [-0.2, -0.15) is 0 Å². The fourth-order valence-electron chi connectivity index (χ4n) is 1.43. The highest BCUT2D eigenvalue weighted by Crippen LogP contribution is 2.20. The van der Waals surface area contributed by atoms with Gasteiger partial charge in [0.2, 0.25) is 0 Å². The van der Waals surface area contributed by atoms with Gasteiger partial charge in [0.1, 0.15) is 5.82 Å². The highest BCUT2D eigenvalue weighted by Gasteiger charge is 2.04. The molecule has 0 aliphatic carbocycles. The first-order chi connectivity index (χ1) is 7.16. The molecular formula is C11H9FN2O. The third kappa shape index (κ3) is 1.93. The normalized spacial score (nSPS) is 10.3. The van der Waals surface area contributed by atoms with E-state index in [2.05, 4.69) is 9.97 Å². The maximum absolute atomic E-state index is 12.9. The fraction of sp³-hybridized carbons (Fsp3) is 0.0909. The van der Waals surface area contributed by atoms with Gasteiger partial charge in [-0.25, -0.2) is 9.37 Å². The minimum Gasteiger partial charge on any atom is -0.313 e. The van der Waals surface area contributed by atoms with Gasteiger partial charge >= 0.3 is 0 Å². The molecule has 0 spiro atoms. The number of aryl methyl sites for hydroxylation is 1. The Morgan fingerprint density at radius 3 is 2.80 bits per heavy atom. The largest absolute Gasteiger partial charge is 0.313 e. The molecule has 0 aliphatic heterocycles. The number of aromatic amines is 1. The number of hydrogen-bond donors (Lipinski definition) is 1. The average molecular weight is 204 g/mol. The van der Waals surface area contributed by atoms with Gasteiger partial charge in [-0.3, -0.25) is 4.79 Å². The van der Waals surface area contributed by atoms with Crippen LogP contribution in [0.2, 0.25) is 0 Å². The van der Waals surface area contributed by atoms with Gasteiger partial charge in [0, 0.05) is 11.6 Å². The number of nitrogens with zero attached hydrogens (tertiary/aromatic N) is 1. The monoisotopic (exact) mass is 204 g/mol. The van der Waals surface area contributed by atoms with Crippen LogP contribution in [0.15, 0.2) is 35.4 Å². The lowest BCUT2D eigenvalue weighted by molar-refractivity contribution is 0.627. The van der Waals surface area contributed by atoms with Gasteiger partial charge < -0.3 is 4.98 Å². The fourth-order valence-corrected chi connectivity index (χ4v) is 1.43. The molecule has 1 heterocycles. The average Bonchev–Trinajstić information content (AvgIpc) is 2.17.